The number of rotatable bonds is 6. The molecule has 1 N–H and O–H groups in total. The maximum Gasteiger partial charge on any atom is 0.0360 e. The van der Waals surface area contributed by atoms with Crippen molar-refractivity contribution >= 4 is 10.8 Å². The van der Waals surface area contributed by atoms with Crippen molar-refractivity contribution in [2.45, 2.75) is 27.3 Å². The van der Waals surface area contributed by atoms with Gasteiger partial charge >= 0.3 is 0 Å². The minimum atomic E-state index is -0.656. The largest absolute Gasteiger partial charge is 0.312 e. The van der Waals surface area contributed by atoms with Crippen LogP contribution < -0.4 is 5.32 Å². The van der Waals surface area contributed by atoms with Gasteiger partial charge in [0.1, 0.15) is 0 Å². The van der Waals surface area contributed by atoms with E-state index in [1.807, 2.05) is 6.92 Å². The summed E-state index contributed by atoms with van der Waals surface area (Å²) in [5, 5.41) is 3.33. The van der Waals surface area contributed by atoms with E-state index in [1.54, 1.807) is 0 Å². The third-order valence-corrected chi connectivity index (χ3v) is 3.74. The van der Waals surface area contributed by atoms with Gasteiger partial charge in [0, 0.05) is 35.4 Å². The Balaban J connectivity index is 2.34. The van der Waals surface area contributed by atoms with Gasteiger partial charge in [-0.05, 0) is 19.4 Å². The zero-order valence-corrected chi connectivity index (χ0v) is 11.2. The van der Waals surface area contributed by atoms with Crippen LogP contribution in [0.4, 0.5) is 0 Å². The number of hydrogen-bond donors (Lipinski definition) is 1. The minimum absolute atomic E-state index is 0.656. The SMILES string of the molecule is CCS(=O)CCNCc1cc(C)cc(C)c1. The van der Waals surface area contributed by atoms with E-state index in [2.05, 4.69) is 37.4 Å². The van der Waals surface area contributed by atoms with Crippen molar-refractivity contribution in [3.8, 4) is 0 Å². The third kappa shape index (κ3) is 4.90. The molecule has 0 aromatic heterocycles. The van der Waals surface area contributed by atoms with Gasteiger partial charge in [0.2, 0.25) is 0 Å². The maximum absolute atomic E-state index is 11.2. The van der Waals surface area contributed by atoms with Crippen LogP contribution >= 0.6 is 0 Å². The third-order valence-electron chi connectivity index (χ3n) is 2.44. The van der Waals surface area contributed by atoms with Crippen molar-refractivity contribution < 1.29 is 4.21 Å². The molecule has 0 saturated heterocycles. The summed E-state index contributed by atoms with van der Waals surface area (Å²) in [6.45, 7) is 7.88. The summed E-state index contributed by atoms with van der Waals surface area (Å²) in [7, 11) is -0.656. The van der Waals surface area contributed by atoms with Crippen molar-refractivity contribution in [3.63, 3.8) is 0 Å². The lowest BCUT2D eigenvalue weighted by Gasteiger charge is -2.06. The van der Waals surface area contributed by atoms with E-state index in [4.69, 9.17) is 0 Å². The lowest BCUT2D eigenvalue weighted by molar-refractivity contribution is 0.673. The fourth-order valence-corrected chi connectivity index (χ4v) is 2.39. The Bertz CT molecular complexity index is 343. The van der Waals surface area contributed by atoms with Crippen LogP contribution in [0, 0.1) is 13.8 Å². The molecule has 3 heteroatoms. The topological polar surface area (TPSA) is 29.1 Å². The first-order valence-electron chi connectivity index (χ1n) is 5.74. The second-order valence-corrected chi connectivity index (χ2v) is 5.97. The van der Waals surface area contributed by atoms with Gasteiger partial charge in [0.05, 0.1) is 0 Å². The molecular weight excluding hydrogens is 218 g/mol. The molecule has 0 bridgehead atoms. The predicted octanol–water partition coefficient (Wildman–Crippen LogP) is 2.16. The summed E-state index contributed by atoms with van der Waals surface area (Å²) < 4.78 is 11.2. The van der Waals surface area contributed by atoms with E-state index >= 15 is 0 Å². The van der Waals surface area contributed by atoms with E-state index in [1.165, 1.54) is 16.7 Å². The minimum Gasteiger partial charge on any atom is -0.312 e. The highest BCUT2D eigenvalue weighted by molar-refractivity contribution is 7.84. The Labute approximate surface area is 101 Å². The molecule has 0 aliphatic carbocycles. The molecule has 1 unspecified atom stereocenters. The highest BCUT2D eigenvalue weighted by Gasteiger charge is 1.97. The van der Waals surface area contributed by atoms with E-state index in [-0.39, 0.29) is 0 Å². The van der Waals surface area contributed by atoms with Crippen LogP contribution in [0.3, 0.4) is 0 Å². The molecule has 0 radical (unpaired) electrons. The Morgan fingerprint density at radius 3 is 2.38 bits per heavy atom. The number of nitrogens with one attached hydrogen (secondary N) is 1. The van der Waals surface area contributed by atoms with Crippen LogP contribution in [0.25, 0.3) is 0 Å². The smallest absolute Gasteiger partial charge is 0.0360 e. The Morgan fingerprint density at radius 2 is 1.81 bits per heavy atom. The predicted molar refractivity (Wildman–Crippen MR) is 71.2 cm³/mol. The average Bonchev–Trinajstić information content (AvgIpc) is 2.22. The molecule has 0 heterocycles. The molecule has 0 saturated carbocycles. The van der Waals surface area contributed by atoms with Crippen molar-refractivity contribution in [1.82, 2.24) is 5.32 Å². The lowest BCUT2D eigenvalue weighted by atomic mass is 10.1. The molecule has 90 valence electrons. The number of benzene rings is 1. The number of aryl methyl sites for hydroxylation is 2. The monoisotopic (exact) mass is 239 g/mol. The molecule has 0 aliphatic rings. The first kappa shape index (κ1) is 13.4. The van der Waals surface area contributed by atoms with Gasteiger partial charge in [0.25, 0.3) is 0 Å². The molecule has 0 spiro atoms. The second kappa shape index (κ2) is 6.81. The van der Waals surface area contributed by atoms with Gasteiger partial charge in [0.15, 0.2) is 0 Å². The molecule has 16 heavy (non-hydrogen) atoms. The average molecular weight is 239 g/mol. The van der Waals surface area contributed by atoms with E-state index in [0.717, 1.165) is 24.6 Å². The molecule has 2 nitrogen and oxygen atoms in total. The van der Waals surface area contributed by atoms with E-state index in [0.29, 0.717) is 0 Å². The highest BCUT2D eigenvalue weighted by Crippen LogP contribution is 2.08. The summed E-state index contributed by atoms with van der Waals surface area (Å²) in [5.41, 5.74) is 3.91. The summed E-state index contributed by atoms with van der Waals surface area (Å²) in [6, 6.07) is 6.56. The summed E-state index contributed by atoms with van der Waals surface area (Å²) in [6.07, 6.45) is 0. The summed E-state index contributed by atoms with van der Waals surface area (Å²) in [5.74, 6) is 1.51. The van der Waals surface area contributed by atoms with Gasteiger partial charge in [-0.1, -0.05) is 36.2 Å². The van der Waals surface area contributed by atoms with Crippen molar-refractivity contribution in [2.75, 3.05) is 18.1 Å². The molecule has 0 fully saturated rings. The number of hydrogen-bond acceptors (Lipinski definition) is 2. The van der Waals surface area contributed by atoms with Crippen LogP contribution in [0.2, 0.25) is 0 Å². The van der Waals surface area contributed by atoms with E-state index in [9.17, 15) is 4.21 Å². The van der Waals surface area contributed by atoms with Gasteiger partial charge in [-0.3, -0.25) is 4.21 Å². The summed E-state index contributed by atoms with van der Waals surface area (Å²) in [4.78, 5) is 0. The van der Waals surface area contributed by atoms with Crippen molar-refractivity contribution in [3.05, 3.63) is 34.9 Å². The standard InChI is InChI=1S/C13H21NOS/c1-4-16(15)6-5-14-10-13-8-11(2)7-12(3)9-13/h7-9,14H,4-6,10H2,1-3H3. The zero-order chi connectivity index (χ0) is 12.0. The molecule has 0 amide bonds. The second-order valence-electron chi connectivity index (χ2n) is 4.11. The van der Waals surface area contributed by atoms with Gasteiger partial charge in [-0.15, -0.1) is 0 Å². The Hall–Kier alpha value is -0.670. The molecule has 0 aliphatic heterocycles. The molecule has 1 atom stereocenters. The van der Waals surface area contributed by atoms with Crippen molar-refractivity contribution in [1.29, 1.82) is 0 Å². The van der Waals surface area contributed by atoms with E-state index < -0.39 is 10.8 Å². The summed E-state index contributed by atoms with van der Waals surface area (Å²) >= 11 is 0. The molecular formula is C13H21NOS. The van der Waals surface area contributed by atoms with Crippen LogP contribution in [0.1, 0.15) is 23.6 Å². The van der Waals surface area contributed by atoms with Crippen LogP contribution in [0.5, 0.6) is 0 Å². The quantitative estimate of drug-likeness (QED) is 0.771. The first-order valence-corrected chi connectivity index (χ1v) is 7.23. The van der Waals surface area contributed by atoms with Crippen LogP contribution in [-0.2, 0) is 17.3 Å². The van der Waals surface area contributed by atoms with Gasteiger partial charge in [-0.2, -0.15) is 0 Å². The zero-order valence-electron chi connectivity index (χ0n) is 10.4. The fourth-order valence-electron chi connectivity index (χ4n) is 1.73. The normalized spacial score (nSPS) is 12.7. The van der Waals surface area contributed by atoms with Crippen molar-refractivity contribution in [2.24, 2.45) is 0 Å². The maximum atomic E-state index is 11.2. The molecule has 1 aromatic carbocycles. The first-order chi connectivity index (χ1) is 7.61. The Morgan fingerprint density at radius 1 is 1.19 bits per heavy atom. The molecule has 1 rings (SSSR count). The lowest BCUT2D eigenvalue weighted by Crippen LogP contribution is -2.20. The van der Waals surface area contributed by atoms with Crippen LogP contribution in [-0.4, -0.2) is 22.3 Å². The van der Waals surface area contributed by atoms with Gasteiger partial charge < -0.3 is 5.32 Å². The Kier molecular flexibility index (Phi) is 5.71. The molecule has 1 aromatic rings. The van der Waals surface area contributed by atoms with Crippen LogP contribution in [0.15, 0.2) is 18.2 Å². The fraction of sp³-hybridized carbons (Fsp3) is 0.538. The highest BCUT2D eigenvalue weighted by atomic mass is 32.2. The van der Waals surface area contributed by atoms with Gasteiger partial charge in [-0.25, -0.2) is 0 Å².